The van der Waals surface area contributed by atoms with Crippen LogP contribution in [0.5, 0.6) is 11.6 Å². The van der Waals surface area contributed by atoms with Gasteiger partial charge in [-0.05, 0) is 28.6 Å². The average molecular weight is 258 g/mol. The minimum Gasteiger partial charge on any atom is -0.438 e. The molecule has 9 heteroatoms. The third kappa shape index (κ3) is 2.16. The Morgan fingerprint density at radius 3 is 2.68 bits per heavy atom. The highest BCUT2D eigenvalue weighted by molar-refractivity contribution is 5.39. The molecule has 0 bridgehead atoms. The van der Waals surface area contributed by atoms with Gasteiger partial charge in [0.05, 0.1) is 4.92 Å². The first-order chi connectivity index (χ1) is 9.22. The van der Waals surface area contributed by atoms with Crippen LogP contribution in [0.4, 0.5) is 5.69 Å². The first-order valence-corrected chi connectivity index (χ1v) is 5.20. The number of aromatic nitrogens is 5. The number of hydrogen-bond acceptors (Lipinski definition) is 7. The monoisotopic (exact) mass is 258 g/mol. The van der Waals surface area contributed by atoms with Crippen LogP contribution in [0.2, 0.25) is 0 Å². The van der Waals surface area contributed by atoms with Gasteiger partial charge in [-0.2, -0.15) is 0 Å². The van der Waals surface area contributed by atoms with Gasteiger partial charge in [-0.1, -0.05) is 0 Å². The molecule has 0 atom stereocenters. The third-order valence-electron chi connectivity index (χ3n) is 2.32. The summed E-state index contributed by atoms with van der Waals surface area (Å²) in [5.74, 6) is 0.721. The van der Waals surface area contributed by atoms with E-state index in [0.29, 0.717) is 11.4 Å². The quantitative estimate of drug-likeness (QED) is 0.513. The maximum atomic E-state index is 10.5. The lowest BCUT2D eigenvalue weighted by atomic mass is 10.3. The van der Waals surface area contributed by atoms with Crippen LogP contribution in [-0.4, -0.2) is 30.2 Å². The molecule has 0 spiro atoms. The smallest absolute Gasteiger partial charge is 0.269 e. The van der Waals surface area contributed by atoms with E-state index in [2.05, 4.69) is 20.6 Å². The van der Waals surface area contributed by atoms with Gasteiger partial charge in [-0.3, -0.25) is 10.1 Å². The van der Waals surface area contributed by atoms with E-state index in [1.807, 2.05) is 0 Å². The number of tetrazole rings is 1. The van der Waals surface area contributed by atoms with Gasteiger partial charge in [0.25, 0.3) is 5.69 Å². The van der Waals surface area contributed by atoms with Crippen LogP contribution in [0.25, 0.3) is 5.65 Å². The molecule has 0 aliphatic rings. The molecule has 0 aliphatic heterocycles. The SMILES string of the molecule is O=[N+]([O-])c1ccc(Oc2ccc3nnnn3n2)cc1. The fraction of sp³-hybridized carbons (Fsp3) is 0. The molecule has 0 fully saturated rings. The Morgan fingerprint density at radius 2 is 1.95 bits per heavy atom. The van der Waals surface area contributed by atoms with E-state index < -0.39 is 4.92 Å². The summed E-state index contributed by atoms with van der Waals surface area (Å²) in [6.45, 7) is 0. The summed E-state index contributed by atoms with van der Waals surface area (Å²) in [6.07, 6.45) is 0. The predicted molar refractivity (Wildman–Crippen MR) is 61.7 cm³/mol. The van der Waals surface area contributed by atoms with Crippen LogP contribution in [0.1, 0.15) is 0 Å². The van der Waals surface area contributed by atoms with E-state index in [4.69, 9.17) is 4.74 Å². The number of nitro groups is 1. The molecule has 0 amide bonds. The summed E-state index contributed by atoms with van der Waals surface area (Å²) in [4.78, 5) is 10.0. The molecule has 0 radical (unpaired) electrons. The Morgan fingerprint density at radius 1 is 1.16 bits per heavy atom. The van der Waals surface area contributed by atoms with E-state index in [9.17, 15) is 10.1 Å². The Labute approximate surface area is 105 Å². The van der Waals surface area contributed by atoms with Gasteiger partial charge >= 0.3 is 0 Å². The molecule has 2 aromatic heterocycles. The van der Waals surface area contributed by atoms with Gasteiger partial charge in [-0.15, -0.1) is 14.8 Å². The fourth-order valence-corrected chi connectivity index (χ4v) is 1.44. The Balaban J connectivity index is 1.85. The minimum absolute atomic E-state index is 0.00348. The zero-order valence-corrected chi connectivity index (χ0v) is 9.37. The zero-order chi connectivity index (χ0) is 13.2. The van der Waals surface area contributed by atoms with Crippen LogP contribution in [0.3, 0.4) is 0 Å². The third-order valence-corrected chi connectivity index (χ3v) is 2.32. The molecule has 3 aromatic rings. The van der Waals surface area contributed by atoms with Crippen molar-refractivity contribution >= 4 is 11.3 Å². The molecule has 2 heterocycles. The van der Waals surface area contributed by atoms with Crippen LogP contribution in [0, 0.1) is 10.1 Å². The number of nitrogens with zero attached hydrogens (tertiary/aromatic N) is 6. The number of hydrogen-bond donors (Lipinski definition) is 0. The molecule has 1 aromatic carbocycles. The average Bonchev–Trinajstić information content (AvgIpc) is 2.87. The topological polar surface area (TPSA) is 108 Å². The van der Waals surface area contributed by atoms with Crippen LogP contribution in [0.15, 0.2) is 36.4 Å². The van der Waals surface area contributed by atoms with E-state index in [1.54, 1.807) is 12.1 Å². The highest BCUT2D eigenvalue weighted by Crippen LogP contribution is 2.22. The van der Waals surface area contributed by atoms with Gasteiger partial charge in [-0.25, -0.2) is 0 Å². The number of nitro benzene ring substituents is 1. The summed E-state index contributed by atoms with van der Waals surface area (Å²) in [6, 6.07) is 8.93. The number of fused-ring (bicyclic) bond motifs is 1. The molecule has 94 valence electrons. The molecule has 0 saturated carbocycles. The van der Waals surface area contributed by atoms with Crippen LogP contribution in [-0.2, 0) is 0 Å². The second-order valence-electron chi connectivity index (χ2n) is 3.55. The van der Waals surface area contributed by atoms with Crippen molar-refractivity contribution in [2.45, 2.75) is 0 Å². The van der Waals surface area contributed by atoms with Crippen molar-refractivity contribution in [2.24, 2.45) is 0 Å². The van der Waals surface area contributed by atoms with Gasteiger partial charge in [0.2, 0.25) is 5.88 Å². The van der Waals surface area contributed by atoms with E-state index in [1.165, 1.54) is 28.9 Å². The zero-order valence-electron chi connectivity index (χ0n) is 9.37. The van der Waals surface area contributed by atoms with Crippen molar-refractivity contribution in [2.75, 3.05) is 0 Å². The summed E-state index contributed by atoms with van der Waals surface area (Å²) in [7, 11) is 0. The maximum Gasteiger partial charge on any atom is 0.269 e. The molecule has 3 rings (SSSR count). The number of non-ortho nitro benzene ring substituents is 1. The Hall–Kier alpha value is -3.10. The predicted octanol–water partition coefficient (Wildman–Crippen LogP) is 1.22. The van der Waals surface area contributed by atoms with Crippen molar-refractivity contribution < 1.29 is 9.66 Å². The Kier molecular flexibility index (Phi) is 2.49. The lowest BCUT2D eigenvalue weighted by Gasteiger charge is -2.03. The molecule has 0 unspecified atom stereocenters. The highest BCUT2D eigenvalue weighted by atomic mass is 16.6. The van der Waals surface area contributed by atoms with E-state index in [-0.39, 0.29) is 11.6 Å². The van der Waals surface area contributed by atoms with Crippen molar-refractivity contribution in [3.8, 4) is 11.6 Å². The summed E-state index contributed by atoms with van der Waals surface area (Å²) >= 11 is 0. The largest absolute Gasteiger partial charge is 0.438 e. The molecule has 9 nitrogen and oxygen atoms in total. The van der Waals surface area contributed by atoms with Crippen molar-refractivity contribution in [3.63, 3.8) is 0 Å². The first-order valence-electron chi connectivity index (χ1n) is 5.20. The first kappa shape index (κ1) is 11.0. The second kappa shape index (κ2) is 4.29. The molecular formula is C10H6N6O3. The minimum atomic E-state index is -0.477. The van der Waals surface area contributed by atoms with Gasteiger partial charge in [0, 0.05) is 18.2 Å². The molecular weight excluding hydrogens is 252 g/mol. The lowest BCUT2D eigenvalue weighted by molar-refractivity contribution is -0.384. The maximum absolute atomic E-state index is 10.5. The van der Waals surface area contributed by atoms with Gasteiger partial charge in [0.15, 0.2) is 5.65 Å². The highest BCUT2D eigenvalue weighted by Gasteiger charge is 2.06. The second-order valence-corrected chi connectivity index (χ2v) is 3.55. The van der Waals surface area contributed by atoms with Crippen LogP contribution >= 0.6 is 0 Å². The molecule has 19 heavy (non-hydrogen) atoms. The number of benzene rings is 1. The summed E-state index contributed by atoms with van der Waals surface area (Å²) in [5.41, 5.74) is 0.493. The van der Waals surface area contributed by atoms with Gasteiger partial charge < -0.3 is 4.74 Å². The van der Waals surface area contributed by atoms with Crippen molar-refractivity contribution in [1.82, 2.24) is 25.3 Å². The van der Waals surface area contributed by atoms with Crippen molar-refractivity contribution in [1.29, 1.82) is 0 Å². The number of ether oxygens (including phenoxy) is 1. The summed E-state index contributed by atoms with van der Waals surface area (Å²) in [5, 5.41) is 25.3. The number of rotatable bonds is 3. The van der Waals surface area contributed by atoms with E-state index >= 15 is 0 Å². The normalized spacial score (nSPS) is 10.5. The molecule has 0 saturated heterocycles. The molecule has 0 aliphatic carbocycles. The van der Waals surface area contributed by atoms with E-state index in [0.717, 1.165) is 0 Å². The lowest BCUT2D eigenvalue weighted by Crippen LogP contribution is -1.97. The standard InChI is InChI=1S/C10H6N6O3/c17-16(18)7-1-3-8(4-2-7)19-10-6-5-9-11-13-14-15(9)12-10/h1-6H. The van der Waals surface area contributed by atoms with Crippen molar-refractivity contribution in [3.05, 3.63) is 46.5 Å². The molecule has 0 N–H and O–H groups in total. The van der Waals surface area contributed by atoms with Gasteiger partial charge in [0.1, 0.15) is 5.75 Å². The summed E-state index contributed by atoms with van der Waals surface area (Å²) < 4.78 is 6.66. The fourth-order valence-electron chi connectivity index (χ4n) is 1.44. The Bertz CT molecular complexity index is 738. The van der Waals surface area contributed by atoms with Crippen LogP contribution < -0.4 is 4.74 Å².